The van der Waals surface area contributed by atoms with Gasteiger partial charge in [-0.05, 0) is 40.6 Å². The number of carbonyl (C=O) groups excluding carboxylic acids is 1. The lowest BCUT2D eigenvalue weighted by molar-refractivity contribution is 0.0303. The summed E-state index contributed by atoms with van der Waals surface area (Å²) in [6.07, 6.45) is 0. The van der Waals surface area contributed by atoms with Crippen LogP contribution in [-0.4, -0.2) is 49.2 Å². The molecule has 0 unspecified atom stereocenters. The summed E-state index contributed by atoms with van der Waals surface area (Å²) in [6.45, 7) is 2.42. The van der Waals surface area contributed by atoms with Crippen molar-refractivity contribution in [3.05, 3.63) is 72.3 Å². The van der Waals surface area contributed by atoms with E-state index in [-0.39, 0.29) is 5.91 Å². The minimum absolute atomic E-state index is 0.0303. The van der Waals surface area contributed by atoms with Gasteiger partial charge in [-0.1, -0.05) is 42.5 Å². The van der Waals surface area contributed by atoms with Gasteiger partial charge in [0.25, 0.3) is 5.91 Å². The predicted octanol–water partition coefficient (Wildman–Crippen LogP) is 4.54. The Morgan fingerprint density at radius 1 is 0.933 bits per heavy atom. The molecule has 5 nitrogen and oxygen atoms in total. The lowest BCUT2D eigenvalue weighted by Gasteiger charge is -2.27. The van der Waals surface area contributed by atoms with Crippen LogP contribution in [0.25, 0.3) is 32.8 Å². The number of methoxy groups -OCH3 is 1. The molecule has 1 aromatic heterocycles. The van der Waals surface area contributed by atoms with Crippen LogP contribution in [0.5, 0.6) is 5.88 Å². The highest BCUT2D eigenvalue weighted by Gasteiger charge is 2.19. The number of hydrogen-bond acceptors (Lipinski definition) is 4. The van der Waals surface area contributed by atoms with E-state index in [4.69, 9.17) is 14.5 Å². The van der Waals surface area contributed by atoms with Crippen molar-refractivity contribution in [2.45, 2.75) is 0 Å². The number of rotatable bonds is 3. The summed E-state index contributed by atoms with van der Waals surface area (Å²) >= 11 is 0. The zero-order valence-electron chi connectivity index (χ0n) is 16.8. The molecule has 0 spiro atoms. The predicted molar refractivity (Wildman–Crippen MR) is 118 cm³/mol. The van der Waals surface area contributed by atoms with E-state index in [0.29, 0.717) is 37.7 Å². The maximum absolute atomic E-state index is 12.9. The summed E-state index contributed by atoms with van der Waals surface area (Å²) in [7, 11) is 1.64. The number of aromatic nitrogens is 1. The van der Waals surface area contributed by atoms with Crippen LogP contribution in [0.1, 0.15) is 10.4 Å². The normalized spacial score (nSPS) is 14.2. The molecule has 4 aromatic rings. The van der Waals surface area contributed by atoms with E-state index in [9.17, 15) is 4.79 Å². The second-order valence-corrected chi connectivity index (χ2v) is 7.38. The third-order valence-electron chi connectivity index (χ3n) is 5.60. The van der Waals surface area contributed by atoms with Gasteiger partial charge in [-0.25, -0.2) is 4.98 Å². The molecule has 150 valence electrons. The molecule has 1 aliphatic heterocycles. The van der Waals surface area contributed by atoms with Gasteiger partial charge in [0.2, 0.25) is 5.88 Å². The Balaban J connectivity index is 1.64. The molecule has 1 saturated heterocycles. The molecule has 1 fully saturated rings. The fourth-order valence-electron chi connectivity index (χ4n) is 4.05. The van der Waals surface area contributed by atoms with Crippen molar-refractivity contribution in [2.24, 2.45) is 0 Å². The van der Waals surface area contributed by atoms with Crippen LogP contribution in [-0.2, 0) is 4.74 Å². The Labute approximate surface area is 174 Å². The molecule has 1 amide bonds. The standard InChI is InChI=1S/C25H22N2O3/c1-29-24-22(21-8-4-6-17-5-2-3-7-20(17)21)16-19-15-18(9-10-23(19)26-24)25(28)27-11-13-30-14-12-27/h2-10,15-16H,11-14H2,1H3. The summed E-state index contributed by atoms with van der Waals surface area (Å²) in [6, 6.07) is 22.2. The van der Waals surface area contributed by atoms with E-state index >= 15 is 0 Å². The summed E-state index contributed by atoms with van der Waals surface area (Å²) in [5.74, 6) is 0.605. The van der Waals surface area contributed by atoms with Crippen molar-refractivity contribution in [1.29, 1.82) is 0 Å². The molecule has 2 heterocycles. The summed E-state index contributed by atoms with van der Waals surface area (Å²) < 4.78 is 11.0. The Morgan fingerprint density at radius 2 is 1.73 bits per heavy atom. The van der Waals surface area contributed by atoms with Gasteiger partial charge < -0.3 is 14.4 Å². The molecule has 3 aromatic carbocycles. The third kappa shape index (κ3) is 3.27. The second kappa shape index (κ2) is 7.76. The van der Waals surface area contributed by atoms with Crippen molar-refractivity contribution in [3.63, 3.8) is 0 Å². The Kier molecular flexibility index (Phi) is 4.81. The Hall–Kier alpha value is -3.44. The van der Waals surface area contributed by atoms with Gasteiger partial charge in [0, 0.05) is 29.6 Å². The maximum Gasteiger partial charge on any atom is 0.254 e. The van der Waals surface area contributed by atoms with Crippen LogP contribution >= 0.6 is 0 Å². The highest BCUT2D eigenvalue weighted by atomic mass is 16.5. The van der Waals surface area contributed by atoms with E-state index in [1.807, 2.05) is 41.3 Å². The molecular weight excluding hydrogens is 376 g/mol. The summed E-state index contributed by atoms with van der Waals surface area (Å²) in [5, 5.41) is 3.21. The smallest absolute Gasteiger partial charge is 0.254 e. The number of amides is 1. The Bertz CT molecular complexity index is 1240. The lowest BCUT2D eigenvalue weighted by Crippen LogP contribution is -2.40. The zero-order chi connectivity index (χ0) is 20.5. The molecule has 5 heteroatoms. The molecule has 30 heavy (non-hydrogen) atoms. The van der Waals surface area contributed by atoms with Crippen LogP contribution in [0.3, 0.4) is 0 Å². The highest BCUT2D eigenvalue weighted by Crippen LogP contribution is 2.36. The minimum Gasteiger partial charge on any atom is -0.481 e. The number of pyridine rings is 1. The molecule has 5 rings (SSSR count). The van der Waals surface area contributed by atoms with Gasteiger partial charge in [-0.15, -0.1) is 0 Å². The maximum atomic E-state index is 12.9. The average Bonchev–Trinajstić information content (AvgIpc) is 2.82. The fourth-order valence-corrected chi connectivity index (χ4v) is 4.05. The number of hydrogen-bond donors (Lipinski definition) is 0. The topological polar surface area (TPSA) is 51.7 Å². The molecule has 0 aliphatic carbocycles. The first-order chi connectivity index (χ1) is 14.7. The van der Waals surface area contributed by atoms with Crippen molar-refractivity contribution in [1.82, 2.24) is 9.88 Å². The number of morpholine rings is 1. The van der Waals surface area contributed by atoms with Crippen molar-refractivity contribution >= 4 is 27.6 Å². The van der Waals surface area contributed by atoms with Gasteiger partial charge >= 0.3 is 0 Å². The SMILES string of the molecule is COc1nc2ccc(C(=O)N3CCOCC3)cc2cc1-c1cccc2ccccc12. The van der Waals surface area contributed by atoms with E-state index in [0.717, 1.165) is 32.8 Å². The van der Waals surface area contributed by atoms with E-state index in [1.165, 1.54) is 0 Å². The Morgan fingerprint density at radius 3 is 2.57 bits per heavy atom. The first-order valence-electron chi connectivity index (χ1n) is 10.1. The molecule has 0 saturated carbocycles. The highest BCUT2D eigenvalue weighted by molar-refractivity contribution is 6.02. The molecule has 1 aliphatic rings. The van der Waals surface area contributed by atoms with Gasteiger partial charge in [0.15, 0.2) is 0 Å². The number of nitrogens with zero attached hydrogens (tertiary/aromatic N) is 2. The monoisotopic (exact) mass is 398 g/mol. The summed E-state index contributed by atoms with van der Waals surface area (Å²) in [4.78, 5) is 19.5. The van der Waals surface area contributed by atoms with E-state index in [1.54, 1.807) is 7.11 Å². The van der Waals surface area contributed by atoms with Crippen LogP contribution < -0.4 is 4.74 Å². The first-order valence-corrected chi connectivity index (χ1v) is 10.1. The van der Waals surface area contributed by atoms with Crippen LogP contribution in [0.4, 0.5) is 0 Å². The van der Waals surface area contributed by atoms with E-state index < -0.39 is 0 Å². The number of benzene rings is 3. The fraction of sp³-hybridized carbons (Fsp3) is 0.200. The van der Waals surface area contributed by atoms with Crippen molar-refractivity contribution in [2.75, 3.05) is 33.4 Å². The lowest BCUT2D eigenvalue weighted by atomic mass is 9.97. The van der Waals surface area contributed by atoms with Crippen LogP contribution in [0, 0.1) is 0 Å². The molecule has 0 N–H and O–H groups in total. The number of ether oxygens (including phenoxy) is 2. The van der Waals surface area contributed by atoms with Crippen LogP contribution in [0.15, 0.2) is 66.7 Å². The number of fused-ring (bicyclic) bond motifs is 2. The second-order valence-electron chi connectivity index (χ2n) is 7.38. The minimum atomic E-state index is 0.0303. The zero-order valence-corrected chi connectivity index (χ0v) is 16.8. The molecule has 0 atom stereocenters. The quantitative estimate of drug-likeness (QED) is 0.509. The van der Waals surface area contributed by atoms with Gasteiger partial charge in [0.1, 0.15) is 0 Å². The molecule has 0 bridgehead atoms. The summed E-state index contributed by atoms with van der Waals surface area (Å²) in [5.41, 5.74) is 3.44. The molecular formula is C25H22N2O3. The van der Waals surface area contributed by atoms with Crippen molar-refractivity contribution < 1.29 is 14.3 Å². The first kappa shape index (κ1) is 18.6. The third-order valence-corrected chi connectivity index (χ3v) is 5.60. The largest absolute Gasteiger partial charge is 0.481 e. The van der Waals surface area contributed by atoms with Gasteiger partial charge in [0.05, 0.1) is 25.8 Å². The average molecular weight is 398 g/mol. The van der Waals surface area contributed by atoms with E-state index in [2.05, 4.69) is 30.3 Å². The van der Waals surface area contributed by atoms with Crippen LogP contribution in [0.2, 0.25) is 0 Å². The van der Waals surface area contributed by atoms with Crippen molar-refractivity contribution in [3.8, 4) is 17.0 Å². The van der Waals surface area contributed by atoms with Gasteiger partial charge in [-0.3, -0.25) is 4.79 Å². The van der Waals surface area contributed by atoms with Gasteiger partial charge in [-0.2, -0.15) is 0 Å². The number of carbonyl (C=O) groups is 1. The molecule has 0 radical (unpaired) electrons.